The van der Waals surface area contributed by atoms with Crippen LogP contribution in [0.15, 0.2) is 42.5 Å². The molecule has 2 aromatic carbocycles. The van der Waals surface area contributed by atoms with Crippen LogP contribution in [0.1, 0.15) is 53.7 Å². The standard InChI is InChI=1S/C30H36FN3O4/c1-3-19(4-2)27-28(35)32-26(23-15-20-7-5-6-8-21(20)16-23)30(37)34(27)18-22-9-10-24(31)17-25(22)29(36)33-11-13-38-14-12-33/h5-10,17,19,23,26-27H,3-4,11-16,18H2,1-2H3,(H,32,35)/t26-,27-/m1/s1. The molecule has 0 saturated carbocycles. The molecule has 0 radical (unpaired) electrons. The summed E-state index contributed by atoms with van der Waals surface area (Å²) < 4.78 is 19.7. The Morgan fingerprint density at radius 1 is 1.05 bits per heavy atom. The van der Waals surface area contributed by atoms with Crippen molar-refractivity contribution in [2.45, 2.75) is 58.2 Å². The van der Waals surface area contributed by atoms with E-state index in [2.05, 4.69) is 17.4 Å². The van der Waals surface area contributed by atoms with E-state index < -0.39 is 17.9 Å². The predicted molar refractivity (Wildman–Crippen MR) is 141 cm³/mol. The third-order valence-corrected chi connectivity index (χ3v) is 8.44. The van der Waals surface area contributed by atoms with Crippen molar-refractivity contribution in [3.63, 3.8) is 0 Å². The maximum Gasteiger partial charge on any atom is 0.254 e. The van der Waals surface area contributed by atoms with Crippen molar-refractivity contribution in [1.29, 1.82) is 0 Å². The number of morpholine rings is 1. The van der Waals surface area contributed by atoms with Crippen molar-refractivity contribution in [2.24, 2.45) is 11.8 Å². The van der Waals surface area contributed by atoms with E-state index in [4.69, 9.17) is 4.74 Å². The minimum Gasteiger partial charge on any atom is -0.378 e. The number of carbonyl (C=O) groups excluding carboxylic acids is 3. The van der Waals surface area contributed by atoms with Crippen LogP contribution in [0.4, 0.5) is 4.39 Å². The maximum atomic E-state index is 14.4. The molecule has 2 atom stereocenters. The zero-order valence-electron chi connectivity index (χ0n) is 22.1. The van der Waals surface area contributed by atoms with Crippen molar-refractivity contribution < 1.29 is 23.5 Å². The Balaban J connectivity index is 1.47. The predicted octanol–water partition coefficient (Wildman–Crippen LogP) is 3.34. The van der Waals surface area contributed by atoms with Gasteiger partial charge in [0.05, 0.1) is 13.2 Å². The van der Waals surface area contributed by atoms with E-state index in [9.17, 15) is 18.8 Å². The highest BCUT2D eigenvalue weighted by molar-refractivity contribution is 5.98. The van der Waals surface area contributed by atoms with Crippen LogP contribution in [0, 0.1) is 17.7 Å². The number of fused-ring (bicyclic) bond motifs is 1. The molecule has 2 aliphatic heterocycles. The van der Waals surface area contributed by atoms with Gasteiger partial charge in [-0.3, -0.25) is 14.4 Å². The van der Waals surface area contributed by atoms with E-state index in [0.29, 0.717) is 31.9 Å². The molecule has 2 fully saturated rings. The van der Waals surface area contributed by atoms with Gasteiger partial charge in [-0.25, -0.2) is 4.39 Å². The molecule has 3 amide bonds. The molecule has 8 heteroatoms. The van der Waals surface area contributed by atoms with Crippen LogP contribution in [0.2, 0.25) is 0 Å². The summed E-state index contributed by atoms with van der Waals surface area (Å²) in [5.74, 6) is -1.13. The van der Waals surface area contributed by atoms with E-state index in [1.54, 1.807) is 15.9 Å². The number of nitrogens with one attached hydrogen (secondary N) is 1. The molecule has 1 N–H and O–H groups in total. The number of halogens is 1. The van der Waals surface area contributed by atoms with Crippen molar-refractivity contribution in [3.05, 3.63) is 70.5 Å². The third-order valence-electron chi connectivity index (χ3n) is 8.44. The number of carbonyl (C=O) groups is 3. The van der Waals surface area contributed by atoms with Gasteiger partial charge in [0, 0.05) is 25.2 Å². The van der Waals surface area contributed by atoms with E-state index in [0.717, 1.165) is 25.7 Å². The summed E-state index contributed by atoms with van der Waals surface area (Å²) in [6, 6.07) is 11.0. The first-order valence-electron chi connectivity index (χ1n) is 13.7. The number of benzene rings is 2. The van der Waals surface area contributed by atoms with Crippen LogP contribution in [-0.2, 0) is 33.7 Å². The molecular weight excluding hydrogens is 485 g/mol. The van der Waals surface area contributed by atoms with E-state index >= 15 is 0 Å². The van der Waals surface area contributed by atoms with Crippen LogP contribution in [-0.4, -0.2) is 65.9 Å². The lowest BCUT2D eigenvalue weighted by Crippen LogP contribution is -2.66. The molecule has 1 aliphatic carbocycles. The Morgan fingerprint density at radius 3 is 2.34 bits per heavy atom. The molecule has 0 spiro atoms. The molecule has 0 bridgehead atoms. The second-order valence-electron chi connectivity index (χ2n) is 10.6. The first-order chi connectivity index (χ1) is 18.4. The molecule has 3 aliphatic rings. The van der Waals surface area contributed by atoms with Crippen LogP contribution in [0.25, 0.3) is 0 Å². The first-order valence-corrected chi connectivity index (χ1v) is 13.7. The van der Waals surface area contributed by atoms with E-state index in [-0.39, 0.29) is 41.7 Å². The summed E-state index contributed by atoms with van der Waals surface area (Å²) in [5.41, 5.74) is 3.21. The number of nitrogens with zero attached hydrogens (tertiary/aromatic N) is 2. The lowest BCUT2D eigenvalue weighted by molar-refractivity contribution is -0.154. The highest BCUT2D eigenvalue weighted by Gasteiger charge is 2.47. The monoisotopic (exact) mass is 521 g/mol. The Labute approximate surface area is 223 Å². The van der Waals surface area contributed by atoms with Crippen molar-refractivity contribution in [3.8, 4) is 0 Å². The van der Waals surface area contributed by atoms with Crippen molar-refractivity contribution in [2.75, 3.05) is 26.3 Å². The minimum absolute atomic E-state index is 0.0282. The molecule has 38 heavy (non-hydrogen) atoms. The summed E-state index contributed by atoms with van der Waals surface area (Å²) in [6.07, 6.45) is 2.93. The normalized spacial score (nSPS) is 22.1. The quantitative estimate of drug-likeness (QED) is 0.606. The Morgan fingerprint density at radius 2 is 1.71 bits per heavy atom. The molecule has 202 valence electrons. The summed E-state index contributed by atoms with van der Waals surface area (Å²) >= 11 is 0. The summed E-state index contributed by atoms with van der Waals surface area (Å²) in [4.78, 5) is 44.5. The highest BCUT2D eigenvalue weighted by atomic mass is 19.1. The van der Waals surface area contributed by atoms with Crippen molar-refractivity contribution >= 4 is 17.7 Å². The Kier molecular flexibility index (Phi) is 7.79. The second-order valence-corrected chi connectivity index (χ2v) is 10.6. The molecule has 7 nitrogen and oxygen atoms in total. The zero-order chi connectivity index (χ0) is 26.8. The van der Waals surface area contributed by atoms with Gasteiger partial charge in [-0.1, -0.05) is 57.0 Å². The fourth-order valence-electron chi connectivity index (χ4n) is 6.29. The van der Waals surface area contributed by atoms with Gasteiger partial charge >= 0.3 is 0 Å². The molecule has 0 aromatic heterocycles. The molecule has 5 rings (SSSR count). The van der Waals surface area contributed by atoms with Gasteiger partial charge in [0.25, 0.3) is 5.91 Å². The fraction of sp³-hybridized carbons (Fsp3) is 0.500. The van der Waals surface area contributed by atoms with Crippen molar-refractivity contribution in [1.82, 2.24) is 15.1 Å². The lowest BCUT2D eigenvalue weighted by atomic mass is 9.85. The van der Waals surface area contributed by atoms with Crippen LogP contribution in [0.3, 0.4) is 0 Å². The van der Waals surface area contributed by atoms with E-state index in [1.807, 2.05) is 26.0 Å². The van der Waals surface area contributed by atoms with Crippen LogP contribution < -0.4 is 5.32 Å². The number of piperazine rings is 1. The topological polar surface area (TPSA) is 79.0 Å². The zero-order valence-corrected chi connectivity index (χ0v) is 22.1. The Bertz CT molecular complexity index is 1180. The molecule has 2 saturated heterocycles. The lowest BCUT2D eigenvalue weighted by Gasteiger charge is -2.44. The Hall–Kier alpha value is -3.26. The molecule has 0 unspecified atom stereocenters. The number of amides is 3. The van der Waals surface area contributed by atoms with Gasteiger partial charge in [-0.15, -0.1) is 0 Å². The molecule has 2 heterocycles. The van der Waals surface area contributed by atoms with E-state index in [1.165, 1.54) is 23.3 Å². The van der Waals surface area contributed by atoms with Gasteiger partial charge in [0.1, 0.15) is 17.9 Å². The summed E-state index contributed by atoms with van der Waals surface area (Å²) in [5, 5.41) is 3.08. The van der Waals surface area contributed by atoms with Crippen LogP contribution >= 0.6 is 0 Å². The SMILES string of the molecule is CCC(CC)[C@@H]1C(=O)N[C@H](C2Cc3ccccc3C2)C(=O)N1Cc1ccc(F)cc1C(=O)N1CCOCC1. The fourth-order valence-corrected chi connectivity index (χ4v) is 6.29. The minimum atomic E-state index is -0.645. The van der Waals surface area contributed by atoms with Gasteiger partial charge < -0.3 is 19.9 Å². The molecular formula is C30H36FN3O4. The molecule has 2 aromatic rings. The van der Waals surface area contributed by atoms with Gasteiger partial charge in [0.2, 0.25) is 11.8 Å². The van der Waals surface area contributed by atoms with Gasteiger partial charge in [0.15, 0.2) is 0 Å². The number of ether oxygens (including phenoxy) is 1. The van der Waals surface area contributed by atoms with Crippen LogP contribution in [0.5, 0.6) is 0 Å². The smallest absolute Gasteiger partial charge is 0.254 e. The number of hydrogen-bond acceptors (Lipinski definition) is 4. The summed E-state index contributed by atoms with van der Waals surface area (Å²) in [7, 11) is 0. The second kappa shape index (κ2) is 11.2. The summed E-state index contributed by atoms with van der Waals surface area (Å²) in [6.45, 7) is 5.85. The largest absolute Gasteiger partial charge is 0.378 e. The van der Waals surface area contributed by atoms with Gasteiger partial charge in [-0.2, -0.15) is 0 Å². The average molecular weight is 522 g/mol. The highest BCUT2D eigenvalue weighted by Crippen LogP contribution is 2.33. The number of hydrogen-bond donors (Lipinski definition) is 1. The third kappa shape index (κ3) is 5.06. The average Bonchev–Trinajstić information content (AvgIpc) is 3.37. The maximum absolute atomic E-state index is 14.4. The van der Waals surface area contributed by atoms with Gasteiger partial charge in [-0.05, 0) is 53.5 Å². The first kappa shape index (κ1) is 26.4. The number of rotatable bonds is 7.